The summed E-state index contributed by atoms with van der Waals surface area (Å²) in [7, 11) is 0. The number of benzene rings is 2. The molecule has 1 aromatic heterocycles. The van der Waals surface area contributed by atoms with E-state index in [1.807, 2.05) is 24.3 Å². The highest BCUT2D eigenvalue weighted by Crippen LogP contribution is 2.20. The van der Waals surface area contributed by atoms with Gasteiger partial charge in [-0.1, -0.05) is 6.07 Å². The lowest BCUT2D eigenvalue weighted by Crippen LogP contribution is -1.94. The normalized spacial score (nSPS) is 10.6. The first-order valence-electron chi connectivity index (χ1n) is 5.89. The van der Waals surface area contributed by atoms with E-state index < -0.39 is 0 Å². The molecular weight excluding hydrogens is 241 g/mol. The van der Waals surface area contributed by atoms with Crippen molar-refractivity contribution in [3.63, 3.8) is 0 Å². The Morgan fingerprint density at radius 3 is 2.74 bits per heavy atom. The molecule has 0 radical (unpaired) electrons. The van der Waals surface area contributed by atoms with Crippen LogP contribution in [0.4, 0.5) is 21.6 Å². The van der Waals surface area contributed by atoms with Gasteiger partial charge in [0.05, 0.1) is 5.52 Å². The summed E-state index contributed by atoms with van der Waals surface area (Å²) in [6, 6.07) is 15.6. The Kier molecular flexibility index (Phi) is 2.76. The molecule has 19 heavy (non-hydrogen) atoms. The summed E-state index contributed by atoms with van der Waals surface area (Å²) in [6.07, 6.45) is 0. The van der Waals surface area contributed by atoms with Crippen molar-refractivity contribution in [1.82, 2.24) is 4.98 Å². The molecule has 3 rings (SSSR count). The molecule has 3 nitrogen and oxygen atoms in total. The van der Waals surface area contributed by atoms with Gasteiger partial charge in [0.2, 0.25) is 0 Å². The third kappa shape index (κ3) is 2.47. The number of aromatic nitrogens is 1. The fourth-order valence-corrected chi connectivity index (χ4v) is 1.93. The highest BCUT2D eigenvalue weighted by Gasteiger charge is 2.00. The SMILES string of the molecule is Nc1ccc2nc(Nc3cccc(F)c3)ccc2c1. The van der Waals surface area contributed by atoms with Gasteiger partial charge < -0.3 is 11.1 Å². The molecule has 1 heterocycles. The van der Waals surface area contributed by atoms with Crippen LogP contribution in [0.25, 0.3) is 10.9 Å². The van der Waals surface area contributed by atoms with Crippen LogP contribution in [0.2, 0.25) is 0 Å². The number of pyridine rings is 1. The van der Waals surface area contributed by atoms with Gasteiger partial charge >= 0.3 is 0 Å². The van der Waals surface area contributed by atoms with E-state index >= 15 is 0 Å². The van der Waals surface area contributed by atoms with Crippen LogP contribution in [0.1, 0.15) is 0 Å². The van der Waals surface area contributed by atoms with E-state index in [1.54, 1.807) is 18.2 Å². The largest absolute Gasteiger partial charge is 0.399 e. The van der Waals surface area contributed by atoms with Crippen molar-refractivity contribution in [2.75, 3.05) is 11.1 Å². The fraction of sp³-hybridized carbons (Fsp3) is 0. The van der Waals surface area contributed by atoms with Crippen LogP contribution < -0.4 is 11.1 Å². The lowest BCUT2D eigenvalue weighted by Gasteiger charge is -2.07. The van der Waals surface area contributed by atoms with E-state index in [9.17, 15) is 4.39 Å². The van der Waals surface area contributed by atoms with Gasteiger partial charge in [-0.25, -0.2) is 9.37 Å². The van der Waals surface area contributed by atoms with Crippen LogP contribution in [0, 0.1) is 5.82 Å². The molecule has 0 aliphatic carbocycles. The maximum Gasteiger partial charge on any atom is 0.131 e. The van der Waals surface area contributed by atoms with Crippen LogP contribution in [0.5, 0.6) is 0 Å². The van der Waals surface area contributed by atoms with Gasteiger partial charge in [0.1, 0.15) is 11.6 Å². The monoisotopic (exact) mass is 253 g/mol. The van der Waals surface area contributed by atoms with Crippen LogP contribution in [0.15, 0.2) is 54.6 Å². The summed E-state index contributed by atoms with van der Waals surface area (Å²) in [5, 5.41) is 4.05. The molecule has 0 unspecified atom stereocenters. The summed E-state index contributed by atoms with van der Waals surface area (Å²) < 4.78 is 13.1. The Morgan fingerprint density at radius 1 is 1.00 bits per heavy atom. The third-order valence-corrected chi connectivity index (χ3v) is 2.81. The third-order valence-electron chi connectivity index (χ3n) is 2.81. The molecule has 2 aromatic carbocycles. The van der Waals surface area contributed by atoms with Gasteiger partial charge in [0.15, 0.2) is 0 Å². The molecule has 0 aliphatic heterocycles. The molecular formula is C15H12FN3. The summed E-state index contributed by atoms with van der Waals surface area (Å²) in [4.78, 5) is 4.45. The molecule has 0 saturated heterocycles. The number of hydrogen-bond acceptors (Lipinski definition) is 3. The molecule has 3 aromatic rings. The fourth-order valence-electron chi connectivity index (χ4n) is 1.93. The highest BCUT2D eigenvalue weighted by molar-refractivity contribution is 5.83. The zero-order valence-electron chi connectivity index (χ0n) is 10.1. The predicted octanol–water partition coefficient (Wildman–Crippen LogP) is 3.70. The molecule has 0 fully saturated rings. The van der Waals surface area contributed by atoms with Crippen LogP contribution in [-0.4, -0.2) is 4.98 Å². The van der Waals surface area contributed by atoms with Crippen molar-refractivity contribution in [3.8, 4) is 0 Å². The Bertz CT molecular complexity index is 740. The Labute approximate surface area is 109 Å². The predicted molar refractivity (Wildman–Crippen MR) is 75.8 cm³/mol. The van der Waals surface area contributed by atoms with Crippen molar-refractivity contribution < 1.29 is 4.39 Å². The summed E-state index contributed by atoms with van der Waals surface area (Å²) in [6.45, 7) is 0. The maximum atomic E-state index is 13.1. The topological polar surface area (TPSA) is 50.9 Å². The lowest BCUT2D eigenvalue weighted by atomic mass is 10.2. The van der Waals surface area contributed by atoms with Gasteiger partial charge in [-0.3, -0.25) is 0 Å². The molecule has 4 heteroatoms. The van der Waals surface area contributed by atoms with Gasteiger partial charge in [-0.05, 0) is 48.5 Å². The minimum absolute atomic E-state index is 0.279. The van der Waals surface area contributed by atoms with E-state index in [-0.39, 0.29) is 5.82 Å². The summed E-state index contributed by atoms with van der Waals surface area (Å²) in [5.74, 6) is 0.390. The summed E-state index contributed by atoms with van der Waals surface area (Å²) >= 11 is 0. The first-order chi connectivity index (χ1) is 9.20. The number of nitrogens with zero attached hydrogens (tertiary/aromatic N) is 1. The Hall–Kier alpha value is -2.62. The standard InChI is InChI=1S/C15H12FN3/c16-11-2-1-3-13(9-11)18-15-7-4-10-8-12(17)5-6-14(10)19-15/h1-9H,17H2,(H,18,19). The highest BCUT2D eigenvalue weighted by atomic mass is 19.1. The number of nitrogens with one attached hydrogen (secondary N) is 1. The van der Waals surface area contributed by atoms with Crippen molar-refractivity contribution >= 4 is 28.1 Å². The van der Waals surface area contributed by atoms with Crippen molar-refractivity contribution in [1.29, 1.82) is 0 Å². The van der Waals surface area contributed by atoms with E-state index in [0.717, 1.165) is 10.9 Å². The van der Waals surface area contributed by atoms with Gasteiger partial charge in [-0.2, -0.15) is 0 Å². The average Bonchev–Trinajstić information content (AvgIpc) is 2.39. The number of halogens is 1. The van der Waals surface area contributed by atoms with E-state index in [1.165, 1.54) is 12.1 Å². The molecule has 0 saturated carbocycles. The summed E-state index contributed by atoms with van der Waals surface area (Å²) in [5.41, 5.74) is 7.94. The van der Waals surface area contributed by atoms with Gasteiger partial charge in [0, 0.05) is 16.8 Å². The average molecular weight is 253 g/mol. The zero-order chi connectivity index (χ0) is 13.2. The minimum Gasteiger partial charge on any atom is -0.399 e. The second-order valence-electron chi connectivity index (χ2n) is 4.28. The smallest absolute Gasteiger partial charge is 0.131 e. The van der Waals surface area contributed by atoms with Crippen molar-refractivity contribution in [2.24, 2.45) is 0 Å². The van der Waals surface area contributed by atoms with Crippen LogP contribution >= 0.6 is 0 Å². The number of nitrogen functional groups attached to an aromatic ring is 1. The number of nitrogens with two attached hydrogens (primary N) is 1. The first kappa shape index (κ1) is 11.5. The number of rotatable bonds is 2. The zero-order valence-corrected chi connectivity index (χ0v) is 10.1. The van der Waals surface area contributed by atoms with E-state index in [0.29, 0.717) is 17.2 Å². The molecule has 3 N–H and O–H groups in total. The second kappa shape index (κ2) is 4.57. The van der Waals surface area contributed by atoms with Crippen molar-refractivity contribution in [2.45, 2.75) is 0 Å². The molecule has 0 bridgehead atoms. The van der Waals surface area contributed by atoms with Crippen molar-refractivity contribution in [3.05, 3.63) is 60.4 Å². The molecule has 0 spiro atoms. The van der Waals surface area contributed by atoms with Gasteiger partial charge in [0.25, 0.3) is 0 Å². The molecule has 94 valence electrons. The Morgan fingerprint density at radius 2 is 1.89 bits per heavy atom. The van der Waals surface area contributed by atoms with E-state index in [4.69, 9.17) is 5.73 Å². The number of fused-ring (bicyclic) bond motifs is 1. The van der Waals surface area contributed by atoms with Gasteiger partial charge in [-0.15, -0.1) is 0 Å². The van der Waals surface area contributed by atoms with Crippen LogP contribution in [-0.2, 0) is 0 Å². The van der Waals surface area contributed by atoms with E-state index in [2.05, 4.69) is 10.3 Å². The minimum atomic E-state index is -0.279. The quantitative estimate of drug-likeness (QED) is 0.685. The number of anilines is 3. The van der Waals surface area contributed by atoms with Crippen LogP contribution in [0.3, 0.4) is 0 Å². The maximum absolute atomic E-state index is 13.1. The molecule has 0 aliphatic rings. The molecule has 0 atom stereocenters. The first-order valence-corrected chi connectivity index (χ1v) is 5.89. The number of hydrogen-bond donors (Lipinski definition) is 2. The second-order valence-corrected chi connectivity index (χ2v) is 4.28. The molecule has 0 amide bonds. The Balaban J connectivity index is 1.95. The lowest BCUT2D eigenvalue weighted by molar-refractivity contribution is 0.628.